The summed E-state index contributed by atoms with van der Waals surface area (Å²) in [4.78, 5) is 3.95. The molecule has 0 bridgehead atoms. The quantitative estimate of drug-likeness (QED) is 0.811. The van der Waals surface area contributed by atoms with Crippen molar-refractivity contribution in [3.8, 4) is 11.4 Å². The monoisotopic (exact) mass is 238 g/mol. The lowest BCUT2D eigenvalue weighted by Crippen LogP contribution is -2.26. The minimum Gasteiger partial charge on any atom is -0.400 e. The van der Waals surface area contributed by atoms with E-state index in [9.17, 15) is 5.11 Å². The molecular formula is C12H12B2N2O2. The van der Waals surface area contributed by atoms with Gasteiger partial charge in [-0.15, -0.1) is 0 Å². The van der Waals surface area contributed by atoms with Crippen LogP contribution in [0.3, 0.4) is 0 Å². The molecule has 2 aromatic rings. The number of aromatic nitrogens is 2. The van der Waals surface area contributed by atoms with E-state index in [1.807, 2.05) is 24.3 Å². The molecule has 6 heteroatoms. The van der Waals surface area contributed by atoms with Crippen molar-refractivity contribution >= 4 is 15.7 Å². The first kappa shape index (κ1) is 12.9. The van der Waals surface area contributed by atoms with Crippen LogP contribution in [0.5, 0.6) is 0 Å². The fraction of sp³-hybridized carbons (Fsp3) is 0.333. The zero-order valence-electron chi connectivity index (χ0n) is 10.1. The third-order valence-corrected chi connectivity index (χ3v) is 2.52. The van der Waals surface area contributed by atoms with Gasteiger partial charge in [0.2, 0.25) is 11.7 Å². The minimum atomic E-state index is -2.10. The van der Waals surface area contributed by atoms with Crippen molar-refractivity contribution < 1.29 is 9.63 Å². The van der Waals surface area contributed by atoms with E-state index in [1.54, 1.807) is 0 Å². The zero-order chi connectivity index (χ0) is 13.2. The van der Waals surface area contributed by atoms with E-state index in [2.05, 4.69) is 17.1 Å². The highest BCUT2D eigenvalue weighted by molar-refractivity contribution is 6.38. The van der Waals surface area contributed by atoms with Gasteiger partial charge in [0, 0.05) is 5.56 Å². The Labute approximate surface area is 108 Å². The Morgan fingerprint density at radius 3 is 2.44 bits per heavy atom. The summed E-state index contributed by atoms with van der Waals surface area (Å²) >= 11 is 0. The smallest absolute Gasteiger partial charge is 0.239 e. The van der Waals surface area contributed by atoms with Crippen LogP contribution in [-0.4, -0.2) is 30.9 Å². The molecule has 0 unspecified atom stereocenters. The predicted octanol–water partition coefficient (Wildman–Crippen LogP) is 1.13. The molecule has 0 saturated heterocycles. The molecule has 0 amide bonds. The number of benzene rings is 1. The molecule has 1 heterocycles. The van der Waals surface area contributed by atoms with Crippen molar-refractivity contribution in [1.29, 1.82) is 0 Å². The maximum atomic E-state index is 9.32. The van der Waals surface area contributed by atoms with Crippen molar-refractivity contribution in [2.24, 2.45) is 0 Å². The molecule has 0 fully saturated rings. The summed E-state index contributed by atoms with van der Waals surface area (Å²) in [6.07, 6.45) is 2.13. The first-order valence-electron chi connectivity index (χ1n) is 5.74. The van der Waals surface area contributed by atoms with Crippen LogP contribution in [0.1, 0.15) is 24.8 Å². The van der Waals surface area contributed by atoms with Gasteiger partial charge in [0.1, 0.15) is 15.7 Å². The Hall–Kier alpha value is -1.55. The van der Waals surface area contributed by atoms with Gasteiger partial charge in [-0.3, -0.25) is 0 Å². The molecular weight excluding hydrogens is 226 g/mol. The minimum absolute atomic E-state index is 0.213. The summed E-state index contributed by atoms with van der Waals surface area (Å²) in [5.74, 6) is 0.137. The number of hydrogen-bond acceptors (Lipinski definition) is 4. The largest absolute Gasteiger partial charge is 0.400 e. The van der Waals surface area contributed by atoms with Crippen LogP contribution < -0.4 is 0 Å². The molecule has 2 rings (SSSR count). The number of aliphatic hydroxyl groups is 1. The van der Waals surface area contributed by atoms with E-state index in [0.717, 1.165) is 18.4 Å². The van der Waals surface area contributed by atoms with Crippen molar-refractivity contribution in [3.63, 3.8) is 0 Å². The SMILES string of the molecule is [B]C([B])(O)c1nc(-c2ccc(CCC)cc2)no1. The second-order valence-corrected chi connectivity index (χ2v) is 4.20. The fourth-order valence-electron chi connectivity index (χ4n) is 1.61. The Balaban J connectivity index is 2.23. The summed E-state index contributed by atoms with van der Waals surface area (Å²) in [6, 6.07) is 7.80. The van der Waals surface area contributed by atoms with Gasteiger partial charge in [0.15, 0.2) is 0 Å². The number of rotatable bonds is 4. The van der Waals surface area contributed by atoms with E-state index in [4.69, 9.17) is 20.2 Å². The highest BCUT2D eigenvalue weighted by atomic mass is 16.5. The van der Waals surface area contributed by atoms with Crippen molar-refractivity contribution in [2.75, 3.05) is 0 Å². The number of aryl methyl sites for hydroxylation is 1. The molecule has 18 heavy (non-hydrogen) atoms. The van der Waals surface area contributed by atoms with Gasteiger partial charge in [0.05, 0.1) is 5.40 Å². The van der Waals surface area contributed by atoms with Gasteiger partial charge in [-0.05, 0) is 12.0 Å². The first-order chi connectivity index (χ1) is 8.50. The summed E-state index contributed by atoms with van der Waals surface area (Å²) in [5.41, 5.74) is 2.04. The first-order valence-corrected chi connectivity index (χ1v) is 5.74. The predicted molar refractivity (Wildman–Crippen MR) is 69.1 cm³/mol. The van der Waals surface area contributed by atoms with E-state index in [-0.39, 0.29) is 5.89 Å². The van der Waals surface area contributed by atoms with Crippen LogP contribution in [0.15, 0.2) is 28.8 Å². The lowest BCUT2D eigenvalue weighted by Gasteiger charge is -2.10. The molecule has 0 aliphatic carbocycles. The molecule has 0 spiro atoms. The van der Waals surface area contributed by atoms with Gasteiger partial charge in [0.25, 0.3) is 0 Å². The summed E-state index contributed by atoms with van der Waals surface area (Å²) in [7, 11) is 10.5. The molecule has 0 saturated carbocycles. The third kappa shape index (κ3) is 2.82. The maximum Gasteiger partial charge on any atom is 0.239 e. The van der Waals surface area contributed by atoms with Gasteiger partial charge in [-0.25, -0.2) is 0 Å². The van der Waals surface area contributed by atoms with Crippen LogP contribution in [0.4, 0.5) is 0 Å². The second-order valence-electron chi connectivity index (χ2n) is 4.20. The summed E-state index contributed by atoms with van der Waals surface area (Å²) in [5, 5.41) is 10.9. The highest BCUT2D eigenvalue weighted by Gasteiger charge is 2.23. The molecule has 0 atom stereocenters. The van der Waals surface area contributed by atoms with Crippen LogP contribution in [0.2, 0.25) is 0 Å². The van der Waals surface area contributed by atoms with Crippen molar-refractivity contribution in [3.05, 3.63) is 35.7 Å². The molecule has 0 aliphatic rings. The van der Waals surface area contributed by atoms with Crippen LogP contribution in [-0.2, 0) is 11.8 Å². The number of nitrogens with zero attached hydrogens (tertiary/aromatic N) is 2. The van der Waals surface area contributed by atoms with Crippen LogP contribution in [0.25, 0.3) is 11.4 Å². The Morgan fingerprint density at radius 2 is 1.94 bits per heavy atom. The Bertz CT molecular complexity index is 518. The van der Waals surface area contributed by atoms with E-state index in [0.29, 0.717) is 5.82 Å². The molecule has 4 nitrogen and oxygen atoms in total. The van der Waals surface area contributed by atoms with E-state index in [1.165, 1.54) is 5.56 Å². The normalized spacial score (nSPS) is 11.7. The average molecular weight is 238 g/mol. The molecule has 1 aromatic carbocycles. The Kier molecular flexibility index (Phi) is 3.57. The molecule has 0 aliphatic heterocycles. The lowest BCUT2D eigenvalue weighted by molar-refractivity contribution is 0.166. The van der Waals surface area contributed by atoms with Gasteiger partial charge < -0.3 is 9.63 Å². The molecule has 4 radical (unpaired) electrons. The highest BCUT2D eigenvalue weighted by Crippen LogP contribution is 2.20. The number of hydrogen-bond donors (Lipinski definition) is 1. The molecule has 88 valence electrons. The van der Waals surface area contributed by atoms with Gasteiger partial charge >= 0.3 is 0 Å². The zero-order valence-corrected chi connectivity index (χ0v) is 10.1. The third-order valence-electron chi connectivity index (χ3n) is 2.52. The van der Waals surface area contributed by atoms with E-state index < -0.39 is 5.40 Å². The van der Waals surface area contributed by atoms with Crippen LogP contribution in [0, 0.1) is 0 Å². The average Bonchev–Trinajstić information content (AvgIpc) is 2.79. The lowest BCUT2D eigenvalue weighted by atomic mass is 9.65. The summed E-state index contributed by atoms with van der Waals surface area (Å²) in [6.45, 7) is 2.13. The Morgan fingerprint density at radius 1 is 1.28 bits per heavy atom. The maximum absolute atomic E-state index is 9.32. The summed E-state index contributed by atoms with van der Waals surface area (Å²) < 4.78 is 4.80. The van der Waals surface area contributed by atoms with Crippen molar-refractivity contribution in [2.45, 2.75) is 25.2 Å². The standard InChI is InChI=1S/C12H12B2N2O2/c1-2-3-8-4-6-9(7-5-8)10-15-11(18-16-10)12(13,14)17/h4-7,17H,2-3H2,1H3. The molecule has 1 N–H and O–H groups in total. The van der Waals surface area contributed by atoms with Gasteiger partial charge in [-0.2, -0.15) is 4.98 Å². The topological polar surface area (TPSA) is 59.2 Å². The fourth-order valence-corrected chi connectivity index (χ4v) is 1.61. The van der Waals surface area contributed by atoms with Gasteiger partial charge in [-0.1, -0.05) is 42.8 Å². The van der Waals surface area contributed by atoms with Crippen molar-refractivity contribution in [1.82, 2.24) is 10.1 Å². The van der Waals surface area contributed by atoms with Crippen LogP contribution >= 0.6 is 0 Å². The molecule has 1 aromatic heterocycles. The van der Waals surface area contributed by atoms with E-state index >= 15 is 0 Å². The second kappa shape index (κ2) is 4.98.